The summed E-state index contributed by atoms with van der Waals surface area (Å²) in [6.07, 6.45) is 2.25. The second kappa shape index (κ2) is 15.8. The van der Waals surface area contributed by atoms with Crippen molar-refractivity contribution in [3.63, 3.8) is 0 Å². The van der Waals surface area contributed by atoms with Gasteiger partial charge in [0.2, 0.25) is 17.7 Å². The average Bonchev–Trinajstić information content (AvgIpc) is 2.72. The van der Waals surface area contributed by atoms with Gasteiger partial charge in [-0.25, -0.2) is 4.79 Å². The molecule has 0 aromatic carbocycles. The van der Waals surface area contributed by atoms with Gasteiger partial charge in [-0.1, -0.05) is 0 Å². The van der Waals surface area contributed by atoms with E-state index in [0.717, 1.165) is 0 Å². The number of hydrogen-bond donors (Lipinski definition) is 8. The van der Waals surface area contributed by atoms with Crippen LogP contribution in [0.5, 0.6) is 0 Å². The van der Waals surface area contributed by atoms with Crippen LogP contribution in [0.3, 0.4) is 0 Å². The van der Waals surface area contributed by atoms with E-state index in [-0.39, 0.29) is 6.42 Å². The van der Waals surface area contributed by atoms with Gasteiger partial charge in [0.05, 0.1) is 18.8 Å². The van der Waals surface area contributed by atoms with Crippen LogP contribution < -0.4 is 27.4 Å². The molecule has 0 aliphatic rings. The monoisotopic (exact) mass is 465 g/mol. The van der Waals surface area contributed by atoms with Crippen molar-refractivity contribution >= 4 is 35.5 Å². The van der Waals surface area contributed by atoms with Crippen molar-refractivity contribution in [2.24, 2.45) is 11.5 Å². The smallest absolute Gasteiger partial charge is 0.328 e. The van der Waals surface area contributed by atoms with Gasteiger partial charge in [0.1, 0.15) is 12.1 Å². The number of nitrogens with two attached hydrogens (primary N) is 2. The molecule has 31 heavy (non-hydrogen) atoms. The normalized spacial score (nSPS) is 15.8. The molecule has 0 rings (SSSR count). The van der Waals surface area contributed by atoms with Crippen molar-refractivity contribution < 1.29 is 34.5 Å². The molecule has 13 heteroatoms. The summed E-state index contributed by atoms with van der Waals surface area (Å²) < 4.78 is 0. The minimum absolute atomic E-state index is 0.231. The van der Waals surface area contributed by atoms with Crippen LogP contribution in [-0.2, 0) is 19.2 Å². The summed E-state index contributed by atoms with van der Waals surface area (Å²) >= 11 is 1.53. The van der Waals surface area contributed by atoms with E-state index < -0.39 is 60.6 Å². The number of aliphatic hydroxyl groups is 2. The van der Waals surface area contributed by atoms with Crippen LogP contribution in [0.1, 0.15) is 32.6 Å². The number of carbonyl (C=O) groups is 4. The molecule has 0 aliphatic heterocycles. The van der Waals surface area contributed by atoms with E-state index in [0.29, 0.717) is 31.6 Å². The molecule has 0 heterocycles. The van der Waals surface area contributed by atoms with E-state index in [4.69, 9.17) is 16.6 Å². The maximum absolute atomic E-state index is 12.7. The zero-order chi connectivity index (χ0) is 24.0. The number of carboxylic acids is 1. The molecule has 0 saturated heterocycles. The Balaban J connectivity index is 5.18. The highest BCUT2D eigenvalue weighted by atomic mass is 32.2. The Morgan fingerprint density at radius 1 is 0.968 bits per heavy atom. The molecule has 0 fully saturated rings. The van der Waals surface area contributed by atoms with E-state index >= 15 is 0 Å². The molecule has 0 aromatic rings. The third kappa shape index (κ3) is 11.3. The predicted molar refractivity (Wildman–Crippen MR) is 116 cm³/mol. The first-order valence-corrected chi connectivity index (χ1v) is 11.4. The van der Waals surface area contributed by atoms with Gasteiger partial charge in [-0.2, -0.15) is 11.8 Å². The lowest BCUT2D eigenvalue weighted by Gasteiger charge is -2.25. The molecule has 12 nitrogen and oxygen atoms in total. The highest BCUT2D eigenvalue weighted by Gasteiger charge is 2.31. The van der Waals surface area contributed by atoms with Gasteiger partial charge in [-0.15, -0.1) is 0 Å². The Hall–Kier alpha value is -1.93. The molecule has 10 N–H and O–H groups in total. The Kier molecular flexibility index (Phi) is 14.8. The van der Waals surface area contributed by atoms with Gasteiger partial charge in [0.25, 0.3) is 0 Å². The number of amides is 3. The Morgan fingerprint density at radius 3 is 2.03 bits per heavy atom. The van der Waals surface area contributed by atoms with Crippen LogP contribution in [0.2, 0.25) is 0 Å². The van der Waals surface area contributed by atoms with E-state index in [2.05, 4.69) is 16.0 Å². The first-order valence-electron chi connectivity index (χ1n) is 9.96. The first-order chi connectivity index (χ1) is 14.6. The Labute approximate surface area is 185 Å². The molecule has 0 aliphatic carbocycles. The number of unbranched alkanes of at least 4 members (excludes halogenated alkanes) is 1. The highest BCUT2D eigenvalue weighted by molar-refractivity contribution is 7.98. The van der Waals surface area contributed by atoms with Crippen molar-refractivity contribution in [1.29, 1.82) is 0 Å². The number of carbonyl (C=O) groups excluding carboxylic acids is 3. The molecule has 0 aromatic heterocycles. The van der Waals surface area contributed by atoms with Crippen LogP contribution >= 0.6 is 11.8 Å². The summed E-state index contributed by atoms with van der Waals surface area (Å²) in [4.78, 5) is 48.4. The minimum atomic E-state index is -1.62. The quantitative estimate of drug-likeness (QED) is 0.109. The molecule has 5 atom stereocenters. The first kappa shape index (κ1) is 29.1. The topological polar surface area (TPSA) is 217 Å². The summed E-state index contributed by atoms with van der Waals surface area (Å²) in [5.41, 5.74) is 11.3. The third-order valence-corrected chi connectivity index (χ3v) is 5.06. The molecule has 5 unspecified atom stereocenters. The summed E-state index contributed by atoms with van der Waals surface area (Å²) in [7, 11) is 0. The van der Waals surface area contributed by atoms with Crippen LogP contribution in [0, 0.1) is 0 Å². The van der Waals surface area contributed by atoms with Crippen molar-refractivity contribution in [3.8, 4) is 0 Å². The summed E-state index contributed by atoms with van der Waals surface area (Å²) in [6, 6.07) is -4.93. The second-order valence-electron chi connectivity index (χ2n) is 7.04. The number of aliphatic carboxylic acids is 1. The number of nitrogens with one attached hydrogen (secondary N) is 3. The van der Waals surface area contributed by atoms with Crippen LogP contribution in [0.4, 0.5) is 0 Å². The van der Waals surface area contributed by atoms with Crippen LogP contribution in [0.15, 0.2) is 0 Å². The van der Waals surface area contributed by atoms with Gasteiger partial charge in [-0.3, -0.25) is 14.4 Å². The van der Waals surface area contributed by atoms with Gasteiger partial charge in [0, 0.05) is 0 Å². The highest BCUT2D eigenvalue weighted by Crippen LogP contribution is 2.05. The molecule has 0 saturated carbocycles. The fraction of sp³-hybridized carbons (Fsp3) is 0.778. The molecule has 0 radical (unpaired) electrons. The molecule has 3 amide bonds. The second-order valence-corrected chi connectivity index (χ2v) is 8.03. The Bertz CT molecular complexity index is 594. The lowest BCUT2D eigenvalue weighted by molar-refractivity contribution is -0.145. The number of hydrogen-bond acceptors (Lipinski definition) is 9. The van der Waals surface area contributed by atoms with E-state index in [1.54, 1.807) is 0 Å². The average molecular weight is 466 g/mol. The number of aliphatic hydroxyl groups excluding tert-OH is 2. The summed E-state index contributed by atoms with van der Waals surface area (Å²) in [5, 5.41) is 34.9. The Morgan fingerprint density at radius 2 is 1.55 bits per heavy atom. The fourth-order valence-corrected chi connectivity index (χ4v) is 3.01. The van der Waals surface area contributed by atoms with Crippen molar-refractivity contribution in [2.75, 3.05) is 25.2 Å². The van der Waals surface area contributed by atoms with E-state index in [1.807, 2.05) is 6.26 Å². The van der Waals surface area contributed by atoms with Gasteiger partial charge in [-0.05, 0) is 51.2 Å². The molecular weight excluding hydrogens is 430 g/mol. The van der Waals surface area contributed by atoms with Gasteiger partial charge < -0.3 is 42.7 Å². The summed E-state index contributed by atoms with van der Waals surface area (Å²) in [5.74, 6) is -3.06. The number of rotatable bonds is 16. The molecule has 0 bridgehead atoms. The lowest BCUT2D eigenvalue weighted by Crippen LogP contribution is -2.59. The standard InChI is InChI=1S/C18H35N5O7S/c1-10(25)14(18(29)30)23-17(28)13(9-24)22-16(27)12(5-3-4-7-19)21-15(26)11(20)6-8-31-2/h10-14,24-25H,3-9,19-20H2,1-2H3,(H,21,26)(H,22,27)(H,23,28)(H,29,30). The number of carboxylic acid groups (broad SMARTS) is 1. The molecular formula is C18H35N5O7S. The summed E-state index contributed by atoms with van der Waals surface area (Å²) in [6.45, 7) is 0.752. The zero-order valence-electron chi connectivity index (χ0n) is 17.9. The lowest BCUT2D eigenvalue weighted by atomic mass is 10.1. The predicted octanol–water partition coefficient (Wildman–Crippen LogP) is -2.89. The van der Waals surface area contributed by atoms with Gasteiger partial charge in [0.15, 0.2) is 6.04 Å². The largest absolute Gasteiger partial charge is 0.480 e. The zero-order valence-corrected chi connectivity index (χ0v) is 18.7. The van der Waals surface area contributed by atoms with Crippen molar-refractivity contribution in [1.82, 2.24) is 16.0 Å². The van der Waals surface area contributed by atoms with Gasteiger partial charge >= 0.3 is 5.97 Å². The minimum Gasteiger partial charge on any atom is -0.480 e. The van der Waals surface area contributed by atoms with Crippen LogP contribution in [0.25, 0.3) is 0 Å². The van der Waals surface area contributed by atoms with E-state index in [9.17, 15) is 29.4 Å². The fourth-order valence-electron chi connectivity index (χ4n) is 2.53. The SMILES string of the molecule is CSCCC(N)C(=O)NC(CCCCN)C(=O)NC(CO)C(=O)NC(C(=O)O)C(C)O. The van der Waals surface area contributed by atoms with Crippen molar-refractivity contribution in [3.05, 3.63) is 0 Å². The maximum atomic E-state index is 12.7. The maximum Gasteiger partial charge on any atom is 0.328 e. The van der Waals surface area contributed by atoms with Crippen molar-refractivity contribution in [2.45, 2.75) is 62.9 Å². The van der Waals surface area contributed by atoms with E-state index in [1.165, 1.54) is 18.7 Å². The molecule has 180 valence electrons. The molecule has 0 spiro atoms. The van der Waals surface area contributed by atoms with Crippen LogP contribution in [-0.4, -0.2) is 94.4 Å². The number of thioether (sulfide) groups is 1. The third-order valence-electron chi connectivity index (χ3n) is 4.41.